The quantitative estimate of drug-likeness (QED) is 0.883. The molecule has 4 bridgehead atoms. The summed E-state index contributed by atoms with van der Waals surface area (Å²) in [7, 11) is 5.94. The summed E-state index contributed by atoms with van der Waals surface area (Å²) in [5.41, 5.74) is 9.24. The lowest BCUT2D eigenvalue weighted by Crippen LogP contribution is -2.81. The minimum Gasteiger partial charge on any atom is -0.493 e. The Morgan fingerprint density at radius 3 is 2.85 bits per heavy atom. The van der Waals surface area contributed by atoms with Crippen LogP contribution in [-0.4, -0.2) is 57.0 Å². The molecule has 27 heavy (non-hydrogen) atoms. The van der Waals surface area contributed by atoms with Crippen molar-refractivity contribution in [3.63, 3.8) is 0 Å². The largest absolute Gasteiger partial charge is 0.493 e. The molecule has 2 N–H and O–H groups in total. The molecule has 2 aliphatic heterocycles. The highest BCUT2D eigenvalue weighted by Gasteiger charge is 2.80. The number of likely N-dealkylation sites (tertiary alicyclic amines) is 1. The standard InChI is InChI=1S/C22H30N2O3/c1-24-9-8-21-17-13-4-5-15(25-2)18(17)27-19(21)22(26-3)7-6-20(21,16(24)10-13)11-14(22)12-23/h4-5,14,16,19H,6-12,23H2,1-3H3/t14-,16-,19-,20-,21+,22-/m1/s1. The smallest absolute Gasteiger partial charge is 0.165 e. The van der Waals surface area contributed by atoms with Crippen LogP contribution in [0.15, 0.2) is 12.1 Å². The van der Waals surface area contributed by atoms with Crippen LogP contribution >= 0.6 is 0 Å². The molecule has 1 aromatic rings. The lowest BCUT2D eigenvalue weighted by Gasteiger charge is -2.73. The zero-order chi connectivity index (χ0) is 18.6. The van der Waals surface area contributed by atoms with E-state index in [0.717, 1.165) is 43.7 Å². The number of methoxy groups -OCH3 is 2. The summed E-state index contributed by atoms with van der Waals surface area (Å²) in [5, 5.41) is 0. The summed E-state index contributed by atoms with van der Waals surface area (Å²) in [5.74, 6) is 2.22. The number of benzene rings is 1. The second-order valence-electron chi connectivity index (χ2n) is 9.50. The molecule has 0 radical (unpaired) electrons. The van der Waals surface area contributed by atoms with Crippen molar-refractivity contribution in [3.05, 3.63) is 23.3 Å². The van der Waals surface area contributed by atoms with Gasteiger partial charge >= 0.3 is 0 Å². The maximum Gasteiger partial charge on any atom is 0.165 e. The van der Waals surface area contributed by atoms with Gasteiger partial charge in [-0.15, -0.1) is 0 Å². The molecule has 0 unspecified atom stereocenters. The van der Waals surface area contributed by atoms with Crippen molar-refractivity contribution in [1.82, 2.24) is 4.90 Å². The van der Waals surface area contributed by atoms with Crippen molar-refractivity contribution in [1.29, 1.82) is 0 Å². The van der Waals surface area contributed by atoms with Crippen molar-refractivity contribution in [2.45, 2.75) is 55.3 Å². The van der Waals surface area contributed by atoms with Gasteiger partial charge in [0.15, 0.2) is 11.5 Å². The van der Waals surface area contributed by atoms with Gasteiger partial charge in [0.2, 0.25) is 0 Å². The Labute approximate surface area is 161 Å². The summed E-state index contributed by atoms with van der Waals surface area (Å²) in [6, 6.07) is 4.94. The monoisotopic (exact) mass is 370 g/mol. The first-order chi connectivity index (χ1) is 13.1. The predicted octanol–water partition coefficient (Wildman–Crippen LogP) is 2.10. The highest BCUT2D eigenvalue weighted by atomic mass is 16.6. The van der Waals surface area contributed by atoms with Crippen molar-refractivity contribution < 1.29 is 14.2 Å². The Kier molecular flexibility index (Phi) is 3.08. The average Bonchev–Trinajstić information content (AvgIpc) is 3.07. The van der Waals surface area contributed by atoms with E-state index in [1.54, 1.807) is 7.11 Å². The average molecular weight is 370 g/mol. The molecule has 146 valence electrons. The normalized spacial score (nSPS) is 46.1. The molecular weight excluding hydrogens is 340 g/mol. The number of fused-ring (bicyclic) bond motifs is 2. The summed E-state index contributed by atoms with van der Waals surface area (Å²) < 4.78 is 19.0. The Morgan fingerprint density at radius 2 is 2.11 bits per heavy atom. The minimum atomic E-state index is -0.282. The molecule has 1 aromatic carbocycles. The fraction of sp³-hybridized carbons (Fsp3) is 0.727. The van der Waals surface area contributed by atoms with E-state index in [1.165, 1.54) is 17.5 Å². The zero-order valence-corrected chi connectivity index (χ0v) is 16.6. The number of likely N-dealkylation sites (N-methyl/N-ethyl adjacent to an activating group) is 1. The number of hydrogen-bond acceptors (Lipinski definition) is 5. The molecule has 4 aliphatic carbocycles. The van der Waals surface area contributed by atoms with Gasteiger partial charge in [0.1, 0.15) is 11.7 Å². The summed E-state index contributed by atoms with van der Waals surface area (Å²) in [6.07, 6.45) is 5.71. The Morgan fingerprint density at radius 1 is 1.26 bits per heavy atom. The van der Waals surface area contributed by atoms with Gasteiger partial charge in [-0.2, -0.15) is 0 Å². The van der Waals surface area contributed by atoms with E-state index in [9.17, 15) is 0 Å². The van der Waals surface area contributed by atoms with Crippen LogP contribution in [0.4, 0.5) is 0 Å². The second-order valence-corrected chi connectivity index (χ2v) is 9.50. The van der Waals surface area contributed by atoms with Gasteiger partial charge < -0.3 is 24.8 Å². The van der Waals surface area contributed by atoms with Crippen LogP contribution in [0.5, 0.6) is 11.5 Å². The molecule has 4 fully saturated rings. The highest BCUT2D eigenvalue weighted by molar-refractivity contribution is 5.63. The van der Waals surface area contributed by atoms with Crippen LogP contribution in [0.3, 0.4) is 0 Å². The van der Waals surface area contributed by atoms with Crippen LogP contribution in [0.1, 0.15) is 36.8 Å². The minimum absolute atomic E-state index is 0.0432. The SMILES string of the molecule is COc1ccc2c3c1O[C@H]1[C@@]4(OC)CC[C@@]5(C[C@@H]4CN)[C@@H](C2)N(C)CC[C@]315. The van der Waals surface area contributed by atoms with E-state index < -0.39 is 0 Å². The Balaban J connectivity index is 1.69. The van der Waals surface area contributed by atoms with Gasteiger partial charge in [0.25, 0.3) is 0 Å². The molecule has 3 saturated carbocycles. The summed E-state index contributed by atoms with van der Waals surface area (Å²) in [4.78, 5) is 2.62. The van der Waals surface area contributed by atoms with Gasteiger partial charge in [-0.25, -0.2) is 0 Å². The maximum atomic E-state index is 6.87. The van der Waals surface area contributed by atoms with Gasteiger partial charge in [0, 0.05) is 35.5 Å². The number of ether oxygens (including phenoxy) is 3. The van der Waals surface area contributed by atoms with Crippen LogP contribution in [0.2, 0.25) is 0 Å². The van der Waals surface area contributed by atoms with Gasteiger partial charge in [-0.1, -0.05) is 6.07 Å². The fourth-order valence-corrected chi connectivity index (χ4v) is 8.26. The fourth-order valence-electron chi connectivity index (χ4n) is 8.26. The van der Waals surface area contributed by atoms with Gasteiger partial charge in [-0.05, 0) is 63.9 Å². The first kappa shape index (κ1) is 16.6. The predicted molar refractivity (Wildman–Crippen MR) is 102 cm³/mol. The van der Waals surface area contributed by atoms with Gasteiger partial charge in [0.05, 0.1) is 7.11 Å². The van der Waals surface area contributed by atoms with E-state index >= 15 is 0 Å². The van der Waals surface area contributed by atoms with Crippen LogP contribution in [0, 0.1) is 11.3 Å². The molecule has 2 spiro atoms. The Bertz CT molecular complexity index is 828. The molecule has 0 aromatic heterocycles. The lowest BCUT2D eigenvalue weighted by molar-refractivity contribution is -0.273. The van der Waals surface area contributed by atoms with Gasteiger partial charge in [-0.3, -0.25) is 0 Å². The molecule has 0 amide bonds. The van der Waals surface area contributed by atoms with Crippen LogP contribution in [0.25, 0.3) is 0 Å². The van der Waals surface area contributed by atoms with E-state index in [1.807, 2.05) is 7.11 Å². The van der Waals surface area contributed by atoms with Crippen LogP contribution in [-0.2, 0) is 16.6 Å². The molecule has 6 atom stereocenters. The molecule has 2 heterocycles. The summed E-state index contributed by atoms with van der Waals surface area (Å²) in [6.45, 7) is 1.79. The third kappa shape index (κ3) is 1.51. The molecule has 5 heteroatoms. The first-order valence-electron chi connectivity index (χ1n) is 10.4. The molecule has 5 nitrogen and oxygen atoms in total. The van der Waals surface area contributed by atoms with Crippen molar-refractivity contribution in [2.75, 3.05) is 34.4 Å². The van der Waals surface area contributed by atoms with E-state index in [0.29, 0.717) is 18.5 Å². The molecular formula is C22H30N2O3. The molecule has 1 saturated heterocycles. The number of nitrogens with two attached hydrogens (primary N) is 1. The first-order valence-corrected chi connectivity index (χ1v) is 10.4. The maximum absolute atomic E-state index is 6.87. The third-order valence-corrected chi connectivity index (χ3v) is 9.26. The third-order valence-electron chi connectivity index (χ3n) is 9.26. The second kappa shape index (κ2) is 5.00. The lowest BCUT2D eigenvalue weighted by atomic mass is 9.35. The number of hydrogen-bond donors (Lipinski definition) is 1. The van der Waals surface area contributed by atoms with E-state index in [2.05, 4.69) is 24.1 Å². The van der Waals surface area contributed by atoms with Crippen molar-refractivity contribution >= 4 is 0 Å². The number of nitrogens with zero attached hydrogens (tertiary/aromatic N) is 1. The van der Waals surface area contributed by atoms with E-state index in [-0.39, 0.29) is 22.5 Å². The van der Waals surface area contributed by atoms with Crippen molar-refractivity contribution in [2.24, 2.45) is 17.1 Å². The van der Waals surface area contributed by atoms with E-state index in [4.69, 9.17) is 19.9 Å². The van der Waals surface area contributed by atoms with Crippen LogP contribution < -0.4 is 15.2 Å². The number of piperidine rings is 1. The Hall–Kier alpha value is -1.30. The van der Waals surface area contributed by atoms with Crippen molar-refractivity contribution in [3.8, 4) is 11.5 Å². The number of rotatable bonds is 3. The topological polar surface area (TPSA) is 57.0 Å². The molecule has 6 aliphatic rings. The highest BCUT2D eigenvalue weighted by Crippen LogP contribution is 2.76. The summed E-state index contributed by atoms with van der Waals surface area (Å²) >= 11 is 0. The zero-order valence-electron chi connectivity index (χ0n) is 16.6. The molecule has 7 rings (SSSR count).